The summed E-state index contributed by atoms with van der Waals surface area (Å²) in [5, 5.41) is 8.66. The minimum Gasteiger partial charge on any atom is -0.481 e. The number of rotatable bonds is 4. The van der Waals surface area contributed by atoms with E-state index >= 15 is 0 Å². The van der Waals surface area contributed by atoms with Gasteiger partial charge in [-0.2, -0.15) is 5.26 Å². The maximum Gasteiger partial charge on any atom is 0.171 e. The Labute approximate surface area is 110 Å². The molecule has 2 unspecified atom stereocenters. The fraction of sp³-hybridized carbons (Fsp3) is 0.214. The van der Waals surface area contributed by atoms with E-state index in [1.54, 1.807) is 25.1 Å². The van der Waals surface area contributed by atoms with E-state index < -0.39 is 11.9 Å². The van der Waals surface area contributed by atoms with Crippen molar-refractivity contribution in [1.82, 2.24) is 0 Å². The fourth-order valence-corrected chi connectivity index (χ4v) is 1.68. The van der Waals surface area contributed by atoms with E-state index in [-0.39, 0.29) is 11.6 Å². The van der Waals surface area contributed by atoms with Crippen molar-refractivity contribution in [2.24, 2.45) is 5.73 Å². The zero-order valence-electron chi connectivity index (χ0n) is 10.3. The van der Waals surface area contributed by atoms with Crippen LogP contribution in [0.5, 0.6) is 5.75 Å². The zero-order valence-corrected chi connectivity index (χ0v) is 10.3. The number of benzene rings is 1. The van der Waals surface area contributed by atoms with E-state index in [0.29, 0.717) is 11.5 Å². The molecule has 0 aliphatic heterocycles. The van der Waals surface area contributed by atoms with Gasteiger partial charge in [0.25, 0.3) is 0 Å². The number of hydrogen-bond donors (Lipinski definition) is 1. The molecule has 98 valence electrons. The Morgan fingerprint density at radius 2 is 2.21 bits per heavy atom. The molecule has 1 aromatic carbocycles. The van der Waals surface area contributed by atoms with Crippen LogP contribution in [0.25, 0.3) is 0 Å². The molecule has 19 heavy (non-hydrogen) atoms. The van der Waals surface area contributed by atoms with Crippen LogP contribution in [-0.4, -0.2) is 6.04 Å². The van der Waals surface area contributed by atoms with Crippen molar-refractivity contribution in [1.29, 1.82) is 5.26 Å². The summed E-state index contributed by atoms with van der Waals surface area (Å²) >= 11 is 0. The molecule has 2 rings (SSSR count). The van der Waals surface area contributed by atoms with Crippen LogP contribution in [-0.2, 0) is 0 Å². The van der Waals surface area contributed by atoms with Gasteiger partial charge in [-0.05, 0) is 31.2 Å². The summed E-state index contributed by atoms with van der Waals surface area (Å²) in [4.78, 5) is 0. The molecular formula is C14H13FN2O2. The first-order valence-corrected chi connectivity index (χ1v) is 5.77. The van der Waals surface area contributed by atoms with Gasteiger partial charge >= 0.3 is 0 Å². The van der Waals surface area contributed by atoms with Crippen LogP contribution in [0.2, 0.25) is 0 Å². The lowest BCUT2D eigenvalue weighted by Gasteiger charge is -2.20. The third kappa shape index (κ3) is 2.92. The smallest absolute Gasteiger partial charge is 0.171 e. The third-order valence-electron chi connectivity index (χ3n) is 2.63. The van der Waals surface area contributed by atoms with Crippen LogP contribution in [0.1, 0.15) is 24.4 Å². The number of nitriles is 1. The molecule has 4 nitrogen and oxygen atoms in total. The lowest BCUT2D eigenvalue weighted by molar-refractivity contribution is 0.152. The molecule has 1 aromatic heterocycles. The van der Waals surface area contributed by atoms with Crippen LogP contribution in [0.15, 0.2) is 41.0 Å². The average molecular weight is 260 g/mol. The van der Waals surface area contributed by atoms with E-state index in [1.165, 1.54) is 18.4 Å². The van der Waals surface area contributed by atoms with Crippen LogP contribution in [0, 0.1) is 17.1 Å². The van der Waals surface area contributed by atoms with Gasteiger partial charge in [0.05, 0.1) is 11.8 Å². The summed E-state index contributed by atoms with van der Waals surface area (Å²) in [7, 11) is 0. The highest BCUT2D eigenvalue weighted by atomic mass is 19.1. The van der Waals surface area contributed by atoms with E-state index in [2.05, 4.69) is 0 Å². The first-order valence-electron chi connectivity index (χ1n) is 5.77. The highest BCUT2D eigenvalue weighted by Gasteiger charge is 2.21. The summed E-state index contributed by atoms with van der Waals surface area (Å²) in [5.74, 6) is 0.248. The molecule has 2 N–H and O–H groups in total. The summed E-state index contributed by atoms with van der Waals surface area (Å²) in [5.41, 5.74) is 5.81. The Kier molecular flexibility index (Phi) is 3.83. The molecule has 0 saturated heterocycles. The second kappa shape index (κ2) is 5.55. The first kappa shape index (κ1) is 13.1. The van der Waals surface area contributed by atoms with Crippen LogP contribution in [0.3, 0.4) is 0 Å². The molecule has 0 aliphatic rings. The van der Waals surface area contributed by atoms with Crippen molar-refractivity contribution in [2.45, 2.75) is 19.1 Å². The summed E-state index contributed by atoms with van der Waals surface area (Å²) < 4.78 is 24.4. The molecule has 0 fully saturated rings. The Morgan fingerprint density at radius 1 is 1.42 bits per heavy atom. The Balaban J connectivity index is 2.23. The van der Waals surface area contributed by atoms with E-state index in [1.807, 2.05) is 0 Å². The second-order valence-corrected chi connectivity index (χ2v) is 4.17. The molecule has 0 radical (unpaired) electrons. The number of halogens is 1. The lowest BCUT2D eigenvalue weighted by atomic mass is 10.1. The minimum atomic E-state index is -0.622. The van der Waals surface area contributed by atoms with Gasteiger partial charge in [-0.25, -0.2) is 4.39 Å². The lowest BCUT2D eigenvalue weighted by Crippen LogP contribution is -2.28. The first-order chi connectivity index (χ1) is 9.11. The van der Waals surface area contributed by atoms with E-state index in [0.717, 1.165) is 6.07 Å². The quantitative estimate of drug-likeness (QED) is 0.917. The normalized spacial score (nSPS) is 13.6. The summed E-state index contributed by atoms with van der Waals surface area (Å²) in [6.07, 6.45) is 1.01. The van der Waals surface area contributed by atoms with Crippen LogP contribution >= 0.6 is 0 Å². The van der Waals surface area contributed by atoms with Gasteiger partial charge in [0.1, 0.15) is 23.4 Å². The second-order valence-electron chi connectivity index (χ2n) is 4.17. The molecular weight excluding hydrogens is 247 g/mol. The standard InChI is InChI=1S/C14H13FN2O2/c1-9(17)14(13-3-2-6-18-13)19-11-5-4-10(8-16)12(15)7-11/h2-7,9,14H,17H2,1H3. The SMILES string of the molecule is CC(N)C(Oc1ccc(C#N)c(F)c1)c1ccco1. The molecule has 5 heteroatoms. The van der Waals surface area contributed by atoms with Crippen molar-refractivity contribution < 1.29 is 13.5 Å². The predicted octanol–water partition coefficient (Wildman–Crippen LogP) is 2.76. The van der Waals surface area contributed by atoms with Crippen molar-refractivity contribution in [3.05, 3.63) is 53.7 Å². The molecule has 0 spiro atoms. The van der Waals surface area contributed by atoms with Gasteiger partial charge in [0.2, 0.25) is 0 Å². The van der Waals surface area contributed by atoms with Crippen molar-refractivity contribution in [3.63, 3.8) is 0 Å². The van der Waals surface area contributed by atoms with Gasteiger partial charge in [0, 0.05) is 12.1 Å². The van der Waals surface area contributed by atoms with Gasteiger partial charge in [-0.15, -0.1) is 0 Å². The summed E-state index contributed by atoms with van der Waals surface area (Å²) in [6, 6.07) is 8.95. The zero-order chi connectivity index (χ0) is 13.8. The predicted molar refractivity (Wildman–Crippen MR) is 66.8 cm³/mol. The fourth-order valence-electron chi connectivity index (χ4n) is 1.68. The van der Waals surface area contributed by atoms with Crippen LogP contribution in [0.4, 0.5) is 4.39 Å². The summed E-state index contributed by atoms with van der Waals surface area (Å²) in [6.45, 7) is 1.77. The molecule has 0 aliphatic carbocycles. The Morgan fingerprint density at radius 3 is 2.74 bits per heavy atom. The van der Waals surface area contributed by atoms with Crippen LogP contribution < -0.4 is 10.5 Å². The molecule has 2 aromatic rings. The molecule has 1 heterocycles. The number of hydrogen-bond acceptors (Lipinski definition) is 4. The van der Waals surface area contributed by atoms with E-state index in [4.69, 9.17) is 20.1 Å². The van der Waals surface area contributed by atoms with Crippen molar-refractivity contribution in [2.75, 3.05) is 0 Å². The number of ether oxygens (including phenoxy) is 1. The molecule has 0 amide bonds. The maximum absolute atomic E-state index is 13.5. The minimum absolute atomic E-state index is 0.0253. The average Bonchev–Trinajstić information content (AvgIpc) is 2.89. The third-order valence-corrected chi connectivity index (χ3v) is 2.63. The number of furan rings is 1. The van der Waals surface area contributed by atoms with Gasteiger partial charge < -0.3 is 14.9 Å². The highest BCUT2D eigenvalue weighted by Crippen LogP contribution is 2.25. The largest absolute Gasteiger partial charge is 0.481 e. The van der Waals surface area contributed by atoms with Crippen molar-refractivity contribution >= 4 is 0 Å². The maximum atomic E-state index is 13.5. The van der Waals surface area contributed by atoms with Gasteiger partial charge in [0.15, 0.2) is 6.10 Å². The van der Waals surface area contributed by atoms with Crippen molar-refractivity contribution in [3.8, 4) is 11.8 Å². The topological polar surface area (TPSA) is 72.2 Å². The Hall–Kier alpha value is -2.32. The van der Waals surface area contributed by atoms with E-state index in [9.17, 15) is 4.39 Å². The van der Waals surface area contributed by atoms with Gasteiger partial charge in [-0.3, -0.25) is 0 Å². The van der Waals surface area contributed by atoms with Gasteiger partial charge in [-0.1, -0.05) is 0 Å². The highest BCUT2D eigenvalue weighted by molar-refractivity contribution is 5.36. The number of nitrogens with two attached hydrogens (primary N) is 1. The molecule has 2 atom stereocenters. The Bertz CT molecular complexity index is 588. The number of nitrogens with zero attached hydrogens (tertiary/aromatic N) is 1. The monoisotopic (exact) mass is 260 g/mol. The molecule has 0 bridgehead atoms. The molecule has 0 saturated carbocycles.